The number of nitrogens with zero attached hydrogens (tertiary/aromatic N) is 2. The fourth-order valence-corrected chi connectivity index (χ4v) is 3.30. The van der Waals surface area contributed by atoms with Gasteiger partial charge in [0.15, 0.2) is 0 Å². The molecule has 6 nitrogen and oxygen atoms in total. The van der Waals surface area contributed by atoms with Crippen LogP contribution in [-0.4, -0.2) is 10.2 Å². The predicted molar refractivity (Wildman–Crippen MR) is 101 cm³/mol. The highest BCUT2D eigenvalue weighted by Crippen LogP contribution is 2.29. The number of hydrogen-bond acceptors (Lipinski definition) is 7. The SMILES string of the molecule is Cc1c(Cc2cccc(N)c2F)c(=O)oc2cc(Oc3nncs3)ccc12. The van der Waals surface area contributed by atoms with Crippen molar-refractivity contribution in [1.29, 1.82) is 0 Å². The zero-order chi connectivity index (χ0) is 19.0. The Labute approximate surface area is 157 Å². The zero-order valence-electron chi connectivity index (χ0n) is 14.2. The maximum atomic E-state index is 14.2. The lowest BCUT2D eigenvalue weighted by Gasteiger charge is -2.10. The second-order valence-electron chi connectivity index (χ2n) is 5.95. The Morgan fingerprint density at radius 1 is 1.30 bits per heavy atom. The van der Waals surface area contributed by atoms with E-state index in [2.05, 4.69) is 10.2 Å². The van der Waals surface area contributed by atoms with E-state index in [0.717, 1.165) is 10.9 Å². The number of nitrogens with two attached hydrogens (primary N) is 1. The second kappa shape index (κ2) is 6.81. The van der Waals surface area contributed by atoms with E-state index in [1.165, 1.54) is 17.4 Å². The van der Waals surface area contributed by atoms with Crippen molar-refractivity contribution in [2.75, 3.05) is 5.73 Å². The highest BCUT2D eigenvalue weighted by molar-refractivity contribution is 7.11. The number of nitrogen functional groups attached to an aromatic ring is 1. The molecule has 0 bridgehead atoms. The maximum absolute atomic E-state index is 14.2. The van der Waals surface area contributed by atoms with Crippen LogP contribution in [-0.2, 0) is 6.42 Å². The van der Waals surface area contributed by atoms with Crippen LogP contribution in [0.4, 0.5) is 10.1 Å². The van der Waals surface area contributed by atoms with Crippen molar-refractivity contribution in [2.24, 2.45) is 0 Å². The fourth-order valence-electron chi connectivity index (χ4n) is 2.88. The summed E-state index contributed by atoms with van der Waals surface area (Å²) in [6.45, 7) is 1.81. The van der Waals surface area contributed by atoms with Gasteiger partial charge in [0.05, 0.1) is 5.69 Å². The second-order valence-corrected chi connectivity index (χ2v) is 6.75. The van der Waals surface area contributed by atoms with Crippen molar-refractivity contribution >= 4 is 28.0 Å². The Bertz CT molecular complexity index is 1190. The summed E-state index contributed by atoms with van der Waals surface area (Å²) in [5, 5.41) is 8.65. The van der Waals surface area contributed by atoms with Crippen molar-refractivity contribution in [1.82, 2.24) is 10.2 Å². The molecular weight excluding hydrogens is 369 g/mol. The van der Waals surface area contributed by atoms with Crippen LogP contribution in [0.5, 0.6) is 10.9 Å². The molecule has 0 saturated carbocycles. The molecule has 8 heteroatoms. The number of aryl methyl sites for hydroxylation is 1. The first kappa shape index (κ1) is 17.2. The van der Waals surface area contributed by atoms with Crippen LogP contribution in [0.1, 0.15) is 16.7 Å². The molecule has 0 radical (unpaired) electrons. The van der Waals surface area contributed by atoms with Gasteiger partial charge in [-0.3, -0.25) is 0 Å². The summed E-state index contributed by atoms with van der Waals surface area (Å²) < 4.78 is 25.2. The molecule has 4 aromatic rings. The third-order valence-corrected chi connectivity index (χ3v) is 4.85. The minimum atomic E-state index is -0.519. The van der Waals surface area contributed by atoms with E-state index in [0.29, 0.717) is 27.7 Å². The third kappa shape index (κ3) is 3.26. The zero-order valence-corrected chi connectivity index (χ0v) is 15.0. The Kier molecular flexibility index (Phi) is 4.33. The number of benzene rings is 2. The van der Waals surface area contributed by atoms with E-state index >= 15 is 0 Å². The minimum Gasteiger partial charge on any atom is -0.430 e. The minimum absolute atomic E-state index is 0.0498. The van der Waals surface area contributed by atoms with Gasteiger partial charge >= 0.3 is 5.63 Å². The molecule has 136 valence electrons. The summed E-state index contributed by atoms with van der Waals surface area (Å²) in [4.78, 5) is 12.5. The molecule has 0 fully saturated rings. The van der Waals surface area contributed by atoms with Gasteiger partial charge in [0.25, 0.3) is 5.19 Å². The molecule has 2 aromatic carbocycles. The van der Waals surface area contributed by atoms with Gasteiger partial charge in [-0.1, -0.05) is 28.6 Å². The van der Waals surface area contributed by atoms with Gasteiger partial charge in [-0.25, -0.2) is 9.18 Å². The molecule has 0 atom stereocenters. The van der Waals surface area contributed by atoms with Crippen LogP contribution in [0.25, 0.3) is 11.0 Å². The van der Waals surface area contributed by atoms with Crippen molar-refractivity contribution < 1.29 is 13.5 Å². The first-order valence-corrected chi connectivity index (χ1v) is 8.94. The van der Waals surface area contributed by atoms with Crippen LogP contribution in [0.2, 0.25) is 0 Å². The summed E-state index contributed by atoms with van der Waals surface area (Å²) in [6.07, 6.45) is 0.101. The molecule has 2 N–H and O–H groups in total. The summed E-state index contributed by atoms with van der Waals surface area (Å²) >= 11 is 1.25. The molecule has 0 unspecified atom stereocenters. The molecule has 4 rings (SSSR count). The smallest absolute Gasteiger partial charge is 0.340 e. The lowest BCUT2D eigenvalue weighted by Crippen LogP contribution is -2.12. The first-order valence-electron chi connectivity index (χ1n) is 8.06. The largest absolute Gasteiger partial charge is 0.430 e. The highest BCUT2D eigenvalue weighted by atomic mass is 32.1. The molecule has 0 amide bonds. The topological polar surface area (TPSA) is 91.2 Å². The van der Waals surface area contributed by atoms with Crippen molar-refractivity contribution in [3.05, 3.63) is 74.8 Å². The van der Waals surface area contributed by atoms with Crippen LogP contribution in [0.15, 0.2) is 51.1 Å². The Balaban J connectivity index is 1.75. The molecule has 0 aliphatic heterocycles. The number of ether oxygens (including phenoxy) is 1. The lowest BCUT2D eigenvalue weighted by molar-refractivity contribution is 0.471. The average molecular weight is 383 g/mol. The highest BCUT2D eigenvalue weighted by Gasteiger charge is 2.15. The summed E-state index contributed by atoms with van der Waals surface area (Å²) in [5.41, 5.74) is 8.56. The molecule has 2 heterocycles. The van der Waals surface area contributed by atoms with Gasteiger partial charge in [0, 0.05) is 23.4 Å². The van der Waals surface area contributed by atoms with E-state index in [1.54, 1.807) is 35.8 Å². The summed E-state index contributed by atoms with van der Waals surface area (Å²) in [6, 6.07) is 9.91. The third-order valence-electron chi connectivity index (χ3n) is 4.28. The van der Waals surface area contributed by atoms with E-state index < -0.39 is 11.4 Å². The van der Waals surface area contributed by atoms with Crippen LogP contribution >= 0.6 is 11.3 Å². The Morgan fingerprint density at radius 3 is 2.93 bits per heavy atom. The van der Waals surface area contributed by atoms with Gasteiger partial charge in [-0.2, -0.15) is 0 Å². The van der Waals surface area contributed by atoms with Gasteiger partial charge in [-0.15, -0.1) is 5.10 Å². The number of rotatable bonds is 4. The summed E-state index contributed by atoms with van der Waals surface area (Å²) in [5.74, 6) is -0.0337. The number of halogens is 1. The molecule has 0 aliphatic rings. The Morgan fingerprint density at radius 2 is 2.15 bits per heavy atom. The standard InChI is InChI=1S/C19H14FN3O3S/c1-10-13-6-5-12(25-19-23-22-9-27-19)8-16(13)26-18(24)14(10)7-11-3-2-4-15(21)17(11)20/h2-6,8-9H,7,21H2,1H3. The normalized spacial score (nSPS) is 11.0. The average Bonchev–Trinajstić information content (AvgIpc) is 3.15. The van der Waals surface area contributed by atoms with E-state index in [1.807, 2.05) is 6.92 Å². The number of fused-ring (bicyclic) bond motifs is 1. The first-order chi connectivity index (χ1) is 13.0. The van der Waals surface area contributed by atoms with Crippen LogP contribution < -0.4 is 16.1 Å². The van der Waals surface area contributed by atoms with Gasteiger partial charge in [-0.05, 0) is 36.2 Å². The molecule has 0 spiro atoms. The van der Waals surface area contributed by atoms with Crippen molar-refractivity contribution in [3.8, 4) is 10.9 Å². The van der Waals surface area contributed by atoms with Gasteiger partial charge in [0.2, 0.25) is 0 Å². The number of aromatic nitrogens is 2. The quantitative estimate of drug-likeness (QED) is 0.422. The summed E-state index contributed by atoms with van der Waals surface area (Å²) in [7, 11) is 0. The van der Waals surface area contributed by atoms with Crippen LogP contribution in [0, 0.1) is 12.7 Å². The van der Waals surface area contributed by atoms with Gasteiger partial charge in [0.1, 0.15) is 22.7 Å². The number of hydrogen-bond donors (Lipinski definition) is 1. The monoisotopic (exact) mass is 383 g/mol. The van der Waals surface area contributed by atoms with Crippen molar-refractivity contribution in [3.63, 3.8) is 0 Å². The van der Waals surface area contributed by atoms with E-state index in [9.17, 15) is 9.18 Å². The van der Waals surface area contributed by atoms with Gasteiger partial charge < -0.3 is 14.9 Å². The Hall–Kier alpha value is -3.26. The molecule has 0 aliphatic carbocycles. The number of anilines is 1. The molecule has 27 heavy (non-hydrogen) atoms. The molecule has 0 saturated heterocycles. The molecule has 2 aromatic heterocycles. The lowest BCUT2D eigenvalue weighted by atomic mass is 9.99. The van der Waals surface area contributed by atoms with Crippen molar-refractivity contribution in [2.45, 2.75) is 13.3 Å². The van der Waals surface area contributed by atoms with E-state index in [-0.39, 0.29) is 12.1 Å². The maximum Gasteiger partial charge on any atom is 0.340 e. The van der Waals surface area contributed by atoms with Crippen LogP contribution in [0.3, 0.4) is 0 Å². The van der Waals surface area contributed by atoms with E-state index in [4.69, 9.17) is 14.9 Å². The predicted octanol–water partition coefficient (Wildman–Crippen LogP) is 4.06. The molecular formula is C19H14FN3O3S. The fraction of sp³-hybridized carbons (Fsp3) is 0.105.